The predicted molar refractivity (Wildman–Crippen MR) is 50.9 cm³/mol. The number of rotatable bonds is 0. The zero-order valence-electron chi connectivity index (χ0n) is 8.97. The van der Waals surface area contributed by atoms with Crippen LogP contribution in [0.25, 0.3) is 0 Å². The number of nitriles is 3. The predicted octanol–water partition coefficient (Wildman–Crippen LogP) is 0.396. The maximum absolute atomic E-state index is 7.50. The van der Waals surface area contributed by atoms with Crippen LogP contribution in [-0.2, 0) is 31.7 Å². The topological polar surface area (TPSA) is 123 Å². The third-order valence-corrected chi connectivity index (χ3v) is 0. The van der Waals surface area contributed by atoms with Crippen molar-refractivity contribution in [3.05, 3.63) is 0 Å². The Morgan fingerprint density at radius 3 is 0.625 bits per heavy atom. The summed E-state index contributed by atoms with van der Waals surface area (Å²) in [5, 5.41) is 22.0. The molecule has 0 heterocycles. The van der Waals surface area contributed by atoms with Gasteiger partial charge in [-0.05, 0) is 0 Å². The first-order valence-corrected chi connectivity index (χ1v) is 2.78. The molecule has 0 atom stereocenters. The normalized spacial score (nSPS) is 2.25. The van der Waals surface area contributed by atoms with Gasteiger partial charge in [-0.2, -0.15) is 15.8 Å². The Kier molecular flexibility index (Phi) is 5520. The van der Waals surface area contributed by atoms with Crippen molar-refractivity contribution in [1.82, 2.24) is 0 Å². The molecule has 0 bridgehead atoms. The molecule has 0 aliphatic carbocycles. The van der Waals surface area contributed by atoms with Gasteiger partial charge in [0.2, 0.25) is 0 Å². The summed E-state index contributed by atoms with van der Waals surface area (Å²) in [4.78, 5) is 22.5. The molecular weight excluding hydrogens is 250 g/mol. The van der Waals surface area contributed by atoms with Crippen molar-refractivity contribution >= 4 is 20.4 Å². The summed E-state index contributed by atoms with van der Waals surface area (Å²) in [5.74, 6) is 0. The van der Waals surface area contributed by atoms with Gasteiger partial charge >= 0.3 is 0 Å². The summed E-state index contributed by atoms with van der Waals surface area (Å²) in [6, 6.07) is 5.25. The minimum atomic E-state index is 0. The molecule has 0 unspecified atom stereocenters. The van der Waals surface area contributed by atoms with Crippen LogP contribution in [0.5, 0.6) is 0 Å². The van der Waals surface area contributed by atoms with E-state index >= 15 is 0 Å². The van der Waals surface area contributed by atoms with Crippen LogP contribution in [0.15, 0.2) is 0 Å². The van der Waals surface area contributed by atoms with E-state index < -0.39 is 0 Å². The third-order valence-electron chi connectivity index (χ3n) is 0. The number of hydrogen-bond donors (Lipinski definition) is 0. The maximum atomic E-state index is 7.50. The van der Waals surface area contributed by atoms with Gasteiger partial charge in [0.05, 0.1) is 18.2 Å². The van der Waals surface area contributed by atoms with Crippen LogP contribution in [-0.4, -0.2) is 20.4 Å². The molecule has 0 aromatic heterocycles. The van der Waals surface area contributed by atoms with Crippen LogP contribution >= 0.6 is 0 Å². The fraction of sp³-hybridized carbons (Fsp3) is 0.333. The van der Waals surface area contributed by atoms with E-state index in [0.717, 1.165) is 0 Å². The first kappa shape index (κ1) is 48.2. The molecule has 84 valence electrons. The molecule has 0 rings (SSSR count). The summed E-state index contributed by atoms with van der Waals surface area (Å²) in [5.41, 5.74) is 0. The van der Waals surface area contributed by atoms with Crippen LogP contribution in [0.1, 0.15) is 20.8 Å². The van der Waals surface area contributed by atoms with Gasteiger partial charge in [-0.15, -0.1) is 0 Å². The molecule has 16 heavy (non-hydrogen) atoms. The van der Waals surface area contributed by atoms with E-state index in [1.54, 1.807) is 18.2 Å². The van der Waals surface area contributed by atoms with E-state index in [-0.39, 0.29) is 17.4 Å². The van der Waals surface area contributed by atoms with Crippen LogP contribution in [0, 0.1) is 34.0 Å². The van der Waals surface area contributed by atoms with Crippen molar-refractivity contribution in [3.63, 3.8) is 0 Å². The van der Waals surface area contributed by atoms with Crippen molar-refractivity contribution < 1.29 is 31.7 Å². The molecular formula is C9H9CrN3O3. The number of nitrogens with zero attached hydrogens (tertiary/aromatic N) is 3. The molecule has 0 aliphatic rings. The molecule has 0 fully saturated rings. The smallest absolute Gasteiger partial charge is 0.281 e. The minimum absolute atomic E-state index is 0. The van der Waals surface area contributed by atoms with E-state index in [1.165, 1.54) is 20.8 Å². The zero-order chi connectivity index (χ0) is 14.1. The van der Waals surface area contributed by atoms with E-state index in [4.69, 9.17) is 30.2 Å². The molecule has 0 aliphatic heterocycles. The van der Waals surface area contributed by atoms with Gasteiger partial charge in [0.1, 0.15) is 0 Å². The van der Waals surface area contributed by atoms with Gasteiger partial charge in [0, 0.05) is 38.1 Å². The second kappa shape index (κ2) is 1830. The Morgan fingerprint density at radius 1 is 0.625 bits per heavy atom. The standard InChI is InChI=1S/3C2H3N.3CO.Cr/c3*1-2-3;3*1-2;/h3*1H3;;;;. The van der Waals surface area contributed by atoms with Gasteiger partial charge in [0.25, 0.3) is 20.4 Å². The Hall–Kier alpha value is -1.99. The Bertz CT molecular complexity index is 149. The van der Waals surface area contributed by atoms with Gasteiger partial charge < -0.3 is 0 Å². The molecule has 0 saturated carbocycles. The van der Waals surface area contributed by atoms with Gasteiger partial charge in [0.15, 0.2) is 0 Å². The molecule has 6 nitrogen and oxygen atoms in total. The molecule has 0 saturated heterocycles. The molecule has 0 amide bonds. The van der Waals surface area contributed by atoms with Crippen molar-refractivity contribution in [1.29, 1.82) is 15.8 Å². The molecule has 0 aromatic rings. The van der Waals surface area contributed by atoms with Gasteiger partial charge in [-0.3, -0.25) is 14.4 Å². The molecule has 6 radical (unpaired) electrons. The van der Waals surface area contributed by atoms with Crippen LogP contribution in [0.4, 0.5) is 0 Å². The SMILES string of the molecule is CC#N.CC#N.CC#N.[C]=O.[C]=O.[C]=O.[Cr]. The van der Waals surface area contributed by atoms with E-state index in [9.17, 15) is 0 Å². The van der Waals surface area contributed by atoms with Crippen molar-refractivity contribution in [2.24, 2.45) is 0 Å². The largest absolute Gasteiger partial charge is 0.281 e. The zero-order valence-corrected chi connectivity index (χ0v) is 10.2. The van der Waals surface area contributed by atoms with Crippen LogP contribution in [0.3, 0.4) is 0 Å². The van der Waals surface area contributed by atoms with E-state index in [0.29, 0.717) is 0 Å². The number of carbonyl (C=O) groups excluding carboxylic acids is 3. The second-order valence-corrected chi connectivity index (χ2v) is 0.671. The first-order valence-electron chi connectivity index (χ1n) is 2.78. The van der Waals surface area contributed by atoms with Gasteiger partial charge in [-0.25, -0.2) is 0 Å². The average molecular weight is 259 g/mol. The van der Waals surface area contributed by atoms with E-state index in [1.807, 2.05) is 0 Å². The first-order chi connectivity index (χ1) is 7.24. The molecule has 0 aromatic carbocycles. The van der Waals surface area contributed by atoms with Crippen molar-refractivity contribution in [2.45, 2.75) is 20.8 Å². The fourth-order valence-corrected chi connectivity index (χ4v) is 0. The van der Waals surface area contributed by atoms with Crippen molar-refractivity contribution in [2.75, 3.05) is 0 Å². The summed E-state index contributed by atoms with van der Waals surface area (Å²) < 4.78 is 0. The maximum Gasteiger partial charge on any atom is 0.281 e. The van der Waals surface area contributed by atoms with E-state index in [2.05, 4.69) is 20.4 Å². The Labute approximate surface area is 107 Å². The van der Waals surface area contributed by atoms with Crippen molar-refractivity contribution in [3.8, 4) is 18.2 Å². The molecule has 0 spiro atoms. The van der Waals surface area contributed by atoms with Gasteiger partial charge in [-0.1, -0.05) is 0 Å². The average Bonchev–Trinajstić information content (AvgIpc) is 2.29. The minimum Gasteiger partial charge on any atom is -0.281 e. The summed E-state index contributed by atoms with van der Waals surface area (Å²) in [7, 11) is 0. The fourth-order valence-electron chi connectivity index (χ4n) is 0. The second-order valence-electron chi connectivity index (χ2n) is 0.671. The molecule has 7 heteroatoms. The Morgan fingerprint density at radius 2 is 0.625 bits per heavy atom. The number of hydrogen-bond acceptors (Lipinski definition) is 6. The molecule has 0 N–H and O–H groups in total. The summed E-state index contributed by atoms with van der Waals surface area (Å²) in [6.07, 6.45) is 0. The third kappa shape index (κ3) is 369. The Balaban J connectivity index is -0.0000000122. The van der Waals surface area contributed by atoms with Crippen LogP contribution < -0.4 is 0 Å². The quantitative estimate of drug-likeness (QED) is 0.620. The van der Waals surface area contributed by atoms with Crippen LogP contribution in [0.2, 0.25) is 0 Å². The monoisotopic (exact) mass is 259 g/mol. The summed E-state index contributed by atoms with van der Waals surface area (Å²) in [6.45, 7) is 17.8. The summed E-state index contributed by atoms with van der Waals surface area (Å²) >= 11 is 0.